The molecule has 2 aliphatic carbocycles. The summed E-state index contributed by atoms with van der Waals surface area (Å²) in [6.45, 7) is 6.96. The molecule has 0 amide bonds. The average molecular weight is 379 g/mol. The second-order valence-electron chi connectivity index (χ2n) is 9.91. The van der Waals surface area contributed by atoms with Gasteiger partial charge < -0.3 is 0 Å². The molecule has 0 saturated heterocycles. The van der Waals surface area contributed by atoms with E-state index in [1.165, 1.54) is 69.5 Å². The van der Waals surface area contributed by atoms with Crippen molar-refractivity contribution in [1.29, 1.82) is 0 Å². The van der Waals surface area contributed by atoms with E-state index in [0.29, 0.717) is 0 Å². The van der Waals surface area contributed by atoms with Crippen molar-refractivity contribution in [2.75, 3.05) is 0 Å². The molecule has 144 valence electrons. The monoisotopic (exact) mass is 378 g/mol. The van der Waals surface area contributed by atoms with Crippen molar-refractivity contribution in [2.45, 2.75) is 57.3 Å². The van der Waals surface area contributed by atoms with Crippen LogP contribution in [-0.4, -0.2) is 9.97 Å². The molecule has 2 heterocycles. The minimum Gasteiger partial charge on any atom is -0.264 e. The van der Waals surface area contributed by atoms with E-state index in [-0.39, 0.29) is 10.8 Å². The van der Waals surface area contributed by atoms with Gasteiger partial charge in [0.05, 0.1) is 5.69 Å². The van der Waals surface area contributed by atoms with E-state index in [4.69, 9.17) is 4.98 Å². The van der Waals surface area contributed by atoms with Gasteiger partial charge in [0.1, 0.15) is 0 Å². The molecule has 0 unspecified atom stereocenters. The highest BCUT2D eigenvalue weighted by atomic mass is 14.7. The maximum absolute atomic E-state index is 4.91. The van der Waals surface area contributed by atoms with Crippen LogP contribution in [0.15, 0.2) is 55.0 Å². The van der Waals surface area contributed by atoms with E-state index >= 15 is 0 Å². The lowest BCUT2D eigenvalue weighted by Gasteiger charge is -2.39. The number of aromatic nitrogens is 2. The van der Waals surface area contributed by atoms with Crippen molar-refractivity contribution < 1.29 is 0 Å². The molecule has 0 bridgehead atoms. The second-order valence-corrected chi connectivity index (χ2v) is 9.91. The summed E-state index contributed by atoms with van der Waals surface area (Å²) in [7, 11) is 0. The summed E-state index contributed by atoms with van der Waals surface area (Å²) in [5, 5.41) is 5.30. The number of fused-ring (bicyclic) bond motifs is 6. The topological polar surface area (TPSA) is 25.8 Å². The van der Waals surface area contributed by atoms with Gasteiger partial charge >= 0.3 is 0 Å². The molecule has 2 heteroatoms. The molecule has 2 aliphatic rings. The molecular weight excluding hydrogens is 352 g/mol. The quantitative estimate of drug-likeness (QED) is 0.332. The van der Waals surface area contributed by atoms with Crippen LogP contribution in [0.1, 0.15) is 63.1 Å². The van der Waals surface area contributed by atoms with Gasteiger partial charge in [-0.05, 0) is 57.9 Å². The van der Waals surface area contributed by atoms with E-state index in [9.17, 15) is 0 Å². The van der Waals surface area contributed by atoms with Gasteiger partial charge in [-0.15, -0.1) is 0 Å². The van der Waals surface area contributed by atoms with Gasteiger partial charge in [0.15, 0.2) is 0 Å². The molecule has 4 aromatic rings. The first kappa shape index (κ1) is 17.1. The highest BCUT2D eigenvalue weighted by Gasteiger charge is 2.45. The molecule has 0 atom stereocenters. The maximum Gasteiger partial charge on any atom is 0.0786 e. The summed E-state index contributed by atoms with van der Waals surface area (Å²) in [5.41, 5.74) is 7.06. The Hall–Kier alpha value is -2.74. The Morgan fingerprint density at radius 2 is 1.69 bits per heavy atom. The maximum atomic E-state index is 4.91. The lowest BCUT2D eigenvalue weighted by molar-refractivity contribution is 0.536. The van der Waals surface area contributed by atoms with Crippen LogP contribution in [-0.2, 0) is 10.8 Å². The van der Waals surface area contributed by atoms with Gasteiger partial charge in [-0.25, -0.2) is 0 Å². The molecule has 2 aromatic heterocycles. The Kier molecular flexibility index (Phi) is 3.35. The average Bonchev–Trinajstić information content (AvgIpc) is 3.20. The van der Waals surface area contributed by atoms with E-state index in [0.717, 1.165) is 5.69 Å². The number of pyridine rings is 2. The molecule has 29 heavy (non-hydrogen) atoms. The smallest absolute Gasteiger partial charge is 0.0786 e. The molecule has 6 rings (SSSR count). The Balaban J connectivity index is 1.83. The third kappa shape index (κ3) is 2.23. The number of benzene rings is 2. The first-order valence-electron chi connectivity index (χ1n) is 10.8. The first-order valence-corrected chi connectivity index (χ1v) is 10.8. The van der Waals surface area contributed by atoms with Crippen molar-refractivity contribution in [2.24, 2.45) is 0 Å². The van der Waals surface area contributed by atoms with Crippen molar-refractivity contribution in [3.05, 3.63) is 71.7 Å². The molecule has 2 nitrogen and oxygen atoms in total. The molecule has 0 radical (unpaired) electrons. The molecular formula is C27H26N2. The lowest BCUT2D eigenvalue weighted by Crippen LogP contribution is -2.29. The molecule has 1 saturated carbocycles. The standard InChI is InChI=1S/C27H26N2/c1-26(2,3)19-14-18-9-13-29-25-20-7-6-17-8-12-28-16-21(17)24(20)27(10-4-5-11-27)22(15-19)23(18)25/h6-9,12-16H,4-5,10-11H2,1-3H3. The fraction of sp³-hybridized carbons (Fsp3) is 0.333. The first-order chi connectivity index (χ1) is 14.0. The van der Waals surface area contributed by atoms with Gasteiger partial charge in [-0.1, -0.05) is 57.9 Å². The summed E-state index contributed by atoms with van der Waals surface area (Å²) in [4.78, 5) is 9.43. The minimum atomic E-state index is 0.0768. The van der Waals surface area contributed by atoms with E-state index in [1.54, 1.807) is 0 Å². The third-order valence-electron chi connectivity index (χ3n) is 7.26. The van der Waals surface area contributed by atoms with Crippen molar-refractivity contribution in [3.8, 4) is 11.3 Å². The molecule has 0 N–H and O–H groups in total. The Morgan fingerprint density at radius 1 is 0.897 bits per heavy atom. The van der Waals surface area contributed by atoms with Crippen LogP contribution in [0.5, 0.6) is 0 Å². The van der Waals surface area contributed by atoms with E-state index in [1.807, 2.05) is 12.4 Å². The van der Waals surface area contributed by atoms with Crippen LogP contribution in [0, 0.1) is 0 Å². The van der Waals surface area contributed by atoms with Gasteiger partial charge in [0, 0.05) is 40.3 Å². The second kappa shape index (κ2) is 5.66. The van der Waals surface area contributed by atoms with Crippen LogP contribution in [0.3, 0.4) is 0 Å². The predicted molar refractivity (Wildman–Crippen MR) is 120 cm³/mol. The summed E-state index contributed by atoms with van der Waals surface area (Å²) in [5.74, 6) is 0. The van der Waals surface area contributed by atoms with E-state index < -0.39 is 0 Å². The fourth-order valence-corrected chi connectivity index (χ4v) is 5.84. The number of nitrogens with zero attached hydrogens (tertiary/aromatic N) is 2. The van der Waals surface area contributed by atoms with Crippen LogP contribution in [0.2, 0.25) is 0 Å². The van der Waals surface area contributed by atoms with Crippen LogP contribution in [0.4, 0.5) is 0 Å². The Labute approximate surface area is 172 Å². The summed E-state index contributed by atoms with van der Waals surface area (Å²) in [6.07, 6.45) is 11.0. The van der Waals surface area contributed by atoms with Crippen molar-refractivity contribution >= 4 is 21.5 Å². The summed E-state index contributed by atoms with van der Waals surface area (Å²) < 4.78 is 0. The van der Waals surface area contributed by atoms with Gasteiger partial charge in [-0.2, -0.15) is 0 Å². The SMILES string of the molecule is CC(C)(C)c1cc2c3c(nccc3c1)-c1ccc3ccncc3c1C21CCCC1. The van der Waals surface area contributed by atoms with Crippen LogP contribution in [0.25, 0.3) is 32.8 Å². The minimum absolute atomic E-state index is 0.0768. The summed E-state index contributed by atoms with van der Waals surface area (Å²) >= 11 is 0. The highest BCUT2D eigenvalue weighted by molar-refractivity contribution is 6.06. The summed E-state index contributed by atoms with van der Waals surface area (Å²) in [6, 6.07) is 13.8. The zero-order chi connectivity index (χ0) is 19.8. The number of hydrogen-bond donors (Lipinski definition) is 0. The van der Waals surface area contributed by atoms with Gasteiger partial charge in [-0.3, -0.25) is 9.97 Å². The third-order valence-corrected chi connectivity index (χ3v) is 7.26. The number of rotatable bonds is 0. The Bertz CT molecular complexity index is 1290. The largest absolute Gasteiger partial charge is 0.264 e. The fourth-order valence-electron chi connectivity index (χ4n) is 5.84. The van der Waals surface area contributed by atoms with Crippen LogP contribution >= 0.6 is 0 Å². The molecule has 1 spiro atoms. The van der Waals surface area contributed by atoms with Gasteiger partial charge in [0.2, 0.25) is 0 Å². The molecule has 2 aromatic carbocycles. The van der Waals surface area contributed by atoms with Crippen LogP contribution < -0.4 is 0 Å². The zero-order valence-corrected chi connectivity index (χ0v) is 17.4. The van der Waals surface area contributed by atoms with Crippen molar-refractivity contribution in [3.63, 3.8) is 0 Å². The zero-order valence-electron chi connectivity index (χ0n) is 17.4. The van der Waals surface area contributed by atoms with Crippen molar-refractivity contribution in [1.82, 2.24) is 9.97 Å². The van der Waals surface area contributed by atoms with Gasteiger partial charge in [0.25, 0.3) is 0 Å². The lowest BCUT2D eigenvalue weighted by atomic mass is 9.64. The normalized spacial score (nSPS) is 17.2. The molecule has 1 fully saturated rings. The van der Waals surface area contributed by atoms with E-state index in [2.05, 4.69) is 68.4 Å². The predicted octanol–water partition coefficient (Wildman–Crippen LogP) is 6.92. The highest BCUT2D eigenvalue weighted by Crippen LogP contribution is 2.57. The Morgan fingerprint density at radius 3 is 2.48 bits per heavy atom. The molecule has 0 aliphatic heterocycles. The number of hydrogen-bond acceptors (Lipinski definition) is 2.